The number of halogens is 2. The van der Waals surface area contributed by atoms with Crippen LogP contribution >= 0.6 is 17.0 Å². The van der Waals surface area contributed by atoms with Crippen LogP contribution in [0.25, 0.3) is 45.5 Å². The maximum absolute atomic E-state index is 9.82. The molecule has 401 valence electrons. The summed E-state index contributed by atoms with van der Waals surface area (Å²) in [4.78, 5) is 0. The molecule has 76 heavy (non-hydrogen) atoms. The zero-order valence-electron chi connectivity index (χ0n) is 50.0. The molecule has 0 radical (unpaired) electrons. The average Bonchev–Trinajstić information content (AvgIpc) is 4.24. The molecule has 6 aromatic carbocycles. The summed E-state index contributed by atoms with van der Waals surface area (Å²) in [6, 6.07) is 41.5. The van der Waals surface area contributed by atoms with Gasteiger partial charge in [-0.05, 0) is 0 Å². The van der Waals surface area contributed by atoms with Crippen LogP contribution in [-0.4, -0.2) is 9.52 Å². The third kappa shape index (κ3) is 10.1. The molecule has 3 aliphatic rings. The van der Waals surface area contributed by atoms with Crippen LogP contribution in [0.1, 0.15) is 238 Å². The summed E-state index contributed by atoms with van der Waals surface area (Å²) in [5.41, 5.74) is 24.6. The molecular formula is C72H91Cl2SiZr. The molecule has 1 aliphatic heterocycles. The van der Waals surface area contributed by atoms with Crippen LogP contribution in [0.15, 0.2) is 114 Å². The van der Waals surface area contributed by atoms with Crippen molar-refractivity contribution in [2.24, 2.45) is 0 Å². The number of unbranched alkanes of at least 4 members (excludes halogenated alkanes) is 2. The number of benzene rings is 6. The summed E-state index contributed by atoms with van der Waals surface area (Å²) in [5, 5.41) is 3.00. The summed E-state index contributed by atoms with van der Waals surface area (Å²) in [7, 11) is 18.7. The Labute approximate surface area is 472 Å². The maximum atomic E-state index is 9.82. The zero-order chi connectivity index (χ0) is 55.3. The summed E-state index contributed by atoms with van der Waals surface area (Å²) in [5.74, 6) is 0.627. The van der Waals surface area contributed by atoms with Gasteiger partial charge < -0.3 is 0 Å². The van der Waals surface area contributed by atoms with Crippen LogP contribution in [0.5, 0.6) is 0 Å². The van der Waals surface area contributed by atoms with Gasteiger partial charge in [0.25, 0.3) is 0 Å². The summed E-state index contributed by atoms with van der Waals surface area (Å²) < 4.78 is 1.06. The fourth-order valence-electron chi connectivity index (χ4n) is 13.5. The first kappa shape index (κ1) is 57.2. The Morgan fingerprint density at radius 2 is 0.882 bits per heavy atom. The predicted molar refractivity (Wildman–Crippen MR) is 338 cm³/mol. The van der Waals surface area contributed by atoms with Gasteiger partial charge in [-0.3, -0.25) is 0 Å². The van der Waals surface area contributed by atoms with Crippen LogP contribution < -0.4 is 13.6 Å². The molecule has 2 unspecified atom stereocenters. The topological polar surface area (TPSA) is 0 Å². The molecule has 0 spiro atoms. The Hall–Kier alpha value is -3.52. The van der Waals surface area contributed by atoms with Crippen molar-refractivity contribution in [3.8, 4) is 33.4 Å². The molecule has 0 saturated carbocycles. The summed E-state index contributed by atoms with van der Waals surface area (Å²) >= 11 is -5.89. The van der Waals surface area contributed by atoms with E-state index in [0.717, 1.165) is 38.5 Å². The van der Waals surface area contributed by atoms with E-state index in [-0.39, 0.29) is 28.9 Å². The normalized spacial score (nSPS) is 17.4. The molecule has 4 heteroatoms. The van der Waals surface area contributed by atoms with Crippen molar-refractivity contribution >= 4 is 52.3 Å². The van der Waals surface area contributed by atoms with Crippen LogP contribution in [0, 0.1) is 0 Å². The van der Waals surface area contributed by atoms with Gasteiger partial charge in [-0.15, -0.1) is 0 Å². The van der Waals surface area contributed by atoms with E-state index in [0.29, 0.717) is 11.8 Å². The van der Waals surface area contributed by atoms with E-state index in [1.54, 1.807) is 0 Å². The van der Waals surface area contributed by atoms with E-state index in [9.17, 15) is 17.0 Å². The van der Waals surface area contributed by atoms with Gasteiger partial charge in [0.1, 0.15) is 0 Å². The molecule has 9 rings (SSSR count). The second-order valence-corrected chi connectivity index (χ2v) is 50.7. The molecule has 2 atom stereocenters. The van der Waals surface area contributed by atoms with E-state index in [4.69, 9.17) is 0 Å². The standard InChI is InChI=1S/2C30H41.C12H9Si.2ClH.Zr/c2*1-10-11-12-21-15-22-13-14-26(20(2)3)28(27(22)16-21)23-17-24(29(4,5)6)19-25(18-23)30(7,8)9;1-3-7-11-9(5-1)10-6-2-4-8-12(10)13-11;;;/h2*13-20H,10-12H2,1-9H3;1-7H,13H2;2*1H;/q;;;;;+2/p-2. The van der Waals surface area contributed by atoms with Crippen molar-refractivity contribution < 1.29 is 16.4 Å². The third-order valence-corrected chi connectivity index (χ3v) is 40.7. The van der Waals surface area contributed by atoms with Crippen LogP contribution in [0.3, 0.4) is 0 Å². The Kier molecular flexibility index (Phi) is 15.5. The predicted octanol–water partition coefficient (Wildman–Crippen LogP) is 19.8. The van der Waals surface area contributed by atoms with E-state index >= 15 is 0 Å². The van der Waals surface area contributed by atoms with E-state index < -0.39 is 25.9 Å². The Morgan fingerprint density at radius 1 is 0.487 bits per heavy atom. The van der Waals surface area contributed by atoms with Crippen LogP contribution in [-0.2, 0) is 38.1 Å². The molecule has 0 bridgehead atoms. The minimum absolute atomic E-state index is 0.0263. The molecular weight excluding hydrogens is 1060 g/mol. The second kappa shape index (κ2) is 20.5. The number of fused-ring (bicyclic) bond motifs is 5. The van der Waals surface area contributed by atoms with Gasteiger partial charge in [0.2, 0.25) is 0 Å². The van der Waals surface area contributed by atoms with E-state index in [1.165, 1.54) is 114 Å². The van der Waals surface area contributed by atoms with Crippen LogP contribution in [0.4, 0.5) is 0 Å². The van der Waals surface area contributed by atoms with Gasteiger partial charge in [-0.1, -0.05) is 0 Å². The van der Waals surface area contributed by atoms with Gasteiger partial charge in [0.05, 0.1) is 0 Å². The minimum atomic E-state index is -5.89. The molecule has 0 amide bonds. The summed E-state index contributed by atoms with van der Waals surface area (Å²) in [6.07, 6.45) is 11.6. The number of hydrogen-bond acceptors (Lipinski definition) is 0. The molecule has 0 saturated heterocycles. The van der Waals surface area contributed by atoms with Crippen molar-refractivity contribution in [3.05, 3.63) is 170 Å². The van der Waals surface area contributed by atoms with Gasteiger partial charge in [-0.2, -0.15) is 0 Å². The second-order valence-electron chi connectivity index (χ2n) is 28.3. The molecule has 6 aromatic rings. The average molecular weight is 1150 g/mol. The quantitative estimate of drug-likeness (QED) is 0.101. The first-order chi connectivity index (χ1) is 35.5. The summed E-state index contributed by atoms with van der Waals surface area (Å²) in [6.45, 7) is 42.6. The van der Waals surface area contributed by atoms with Gasteiger partial charge in [-0.25, -0.2) is 0 Å². The van der Waals surface area contributed by atoms with Gasteiger partial charge >= 0.3 is 476 Å². The number of hydrogen-bond donors (Lipinski definition) is 0. The number of allylic oxidation sites excluding steroid dienone is 2. The number of rotatable bonds is 13. The van der Waals surface area contributed by atoms with E-state index in [2.05, 4.69) is 240 Å². The molecule has 1 heterocycles. The van der Waals surface area contributed by atoms with Crippen LogP contribution in [0.2, 0.25) is 0 Å². The molecule has 0 nitrogen and oxygen atoms in total. The van der Waals surface area contributed by atoms with Crippen molar-refractivity contribution in [2.75, 3.05) is 0 Å². The third-order valence-electron chi connectivity index (χ3n) is 17.9. The first-order valence-electron chi connectivity index (χ1n) is 29.3. The fraction of sp³-hybridized carbons (Fsp3) is 0.444. The first-order valence-corrected chi connectivity index (χ1v) is 41.1. The molecule has 2 aliphatic carbocycles. The Morgan fingerprint density at radius 3 is 1.26 bits per heavy atom. The monoisotopic (exact) mass is 1140 g/mol. The van der Waals surface area contributed by atoms with E-state index in [1.807, 2.05) is 0 Å². The fourth-order valence-corrected chi connectivity index (χ4v) is 41.4. The molecule has 0 fully saturated rings. The Bertz CT molecular complexity index is 3060. The molecule has 0 aromatic heterocycles. The zero-order valence-corrected chi connectivity index (χ0v) is 55.4. The van der Waals surface area contributed by atoms with Gasteiger partial charge in [0.15, 0.2) is 0 Å². The van der Waals surface area contributed by atoms with Crippen molar-refractivity contribution in [3.63, 3.8) is 0 Å². The van der Waals surface area contributed by atoms with Gasteiger partial charge in [0, 0.05) is 0 Å². The Balaban J connectivity index is 1.43. The van der Waals surface area contributed by atoms with Crippen molar-refractivity contribution in [1.29, 1.82) is 0 Å². The SMILES string of the molecule is CCCCC1=Cc2c(ccc(C(C)C)c2-c2cc(C(C)(C)C)cc(C(C)(C)C)c2)[CH]1[Zr]([Cl])([Cl])([c]1cccc2c1[SiH2]c1ccccc1-2)[CH]1C(CCCC)=Cc2c1ccc(C(C)C)c2-c1cc(C(C)(C)C)cc(C(C)(C)C)c1. The van der Waals surface area contributed by atoms with Crippen molar-refractivity contribution in [2.45, 2.75) is 204 Å². The molecule has 0 N–H and O–H groups in total. The van der Waals surface area contributed by atoms with Crippen molar-refractivity contribution in [1.82, 2.24) is 0 Å².